The molecule has 0 unspecified atom stereocenters. The summed E-state index contributed by atoms with van der Waals surface area (Å²) in [7, 11) is 0. The molecule has 0 spiro atoms. The second kappa shape index (κ2) is 9.33. The molecule has 1 amide bonds. The molecule has 10 heteroatoms. The first-order valence-electron chi connectivity index (χ1n) is 8.72. The number of nitrogens with one attached hydrogen (secondary N) is 2. The maximum Gasteiger partial charge on any atom is 0.263 e. The maximum absolute atomic E-state index is 12.9. The molecule has 0 aliphatic rings. The lowest BCUT2D eigenvalue weighted by molar-refractivity contribution is -0.118. The third-order valence-corrected chi connectivity index (χ3v) is 4.05. The van der Waals surface area contributed by atoms with Crippen LogP contribution in [-0.4, -0.2) is 32.3 Å². The van der Waals surface area contributed by atoms with Gasteiger partial charge in [0.05, 0.1) is 5.69 Å². The Bertz CT molecular complexity index is 1060. The topological polar surface area (TPSA) is 102 Å². The van der Waals surface area contributed by atoms with Crippen LogP contribution in [-0.2, 0) is 11.2 Å². The van der Waals surface area contributed by atoms with Crippen LogP contribution in [0.3, 0.4) is 0 Å². The van der Waals surface area contributed by atoms with Crippen LogP contribution in [0, 0.1) is 19.7 Å². The predicted octanol–water partition coefficient (Wildman–Crippen LogP) is 2.71. The van der Waals surface area contributed by atoms with E-state index in [1.54, 1.807) is 19.9 Å². The van der Waals surface area contributed by atoms with Crippen LogP contribution >= 0.6 is 12.4 Å². The summed E-state index contributed by atoms with van der Waals surface area (Å²) in [4.78, 5) is 31.5. The van der Waals surface area contributed by atoms with E-state index in [9.17, 15) is 14.0 Å². The van der Waals surface area contributed by atoms with E-state index in [2.05, 4.69) is 20.4 Å². The van der Waals surface area contributed by atoms with Gasteiger partial charge in [0.15, 0.2) is 6.61 Å². The number of carbonyl (C=O) groups is 1. The summed E-state index contributed by atoms with van der Waals surface area (Å²) < 4.78 is 19.6. The molecule has 3 aromatic rings. The number of benzene rings is 1. The molecule has 2 aromatic heterocycles. The summed E-state index contributed by atoms with van der Waals surface area (Å²) >= 11 is 0. The Hall–Kier alpha value is -3.20. The summed E-state index contributed by atoms with van der Waals surface area (Å²) in [6.07, 6.45) is 0.566. The van der Waals surface area contributed by atoms with Crippen LogP contribution in [0.1, 0.15) is 23.9 Å². The Morgan fingerprint density at radius 2 is 1.97 bits per heavy atom. The predicted molar refractivity (Wildman–Crippen MR) is 109 cm³/mol. The summed E-state index contributed by atoms with van der Waals surface area (Å²) in [6.45, 7) is 5.12. The standard InChI is InChI=1S/C19H20FN5O3.ClH/c1-4-15-12(3)21-19(23-18(15)27)25-16(9-11(2)24-25)22-17(26)10-28-14-7-5-13(20)6-8-14;/h5-9H,4,10H2,1-3H3,(H,22,26)(H,21,23,27);1H. The third-order valence-electron chi connectivity index (χ3n) is 4.05. The van der Waals surface area contributed by atoms with Crippen molar-refractivity contribution in [2.75, 3.05) is 11.9 Å². The molecule has 0 fully saturated rings. The number of hydrogen-bond donors (Lipinski definition) is 2. The fraction of sp³-hybridized carbons (Fsp3) is 0.263. The zero-order valence-electron chi connectivity index (χ0n) is 16.2. The van der Waals surface area contributed by atoms with Crippen molar-refractivity contribution in [3.05, 3.63) is 63.5 Å². The summed E-state index contributed by atoms with van der Waals surface area (Å²) in [5.41, 5.74) is 1.60. The normalized spacial score (nSPS) is 10.3. The first-order chi connectivity index (χ1) is 13.4. The minimum atomic E-state index is -0.435. The van der Waals surface area contributed by atoms with Crippen molar-refractivity contribution >= 4 is 24.1 Å². The largest absolute Gasteiger partial charge is 0.484 e. The van der Waals surface area contributed by atoms with Crippen LogP contribution in [0.15, 0.2) is 35.1 Å². The molecule has 0 aliphatic heterocycles. The molecule has 29 heavy (non-hydrogen) atoms. The average Bonchev–Trinajstić information content (AvgIpc) is 3.01. The molecule has 0 saturated heterocycles. The molecule has 2 heterocycles. The van der Waals surface area contributed by atoms with Crippen LogP contribution < -0.4 is 15.6 Å². The van der Waals surface area contributed by atoms with Gasteiger partial charge in [0, 0.05) is 17.3 Å². The van der Waals surface area contributed by atoms with Gasteiger partial charge in [-0.05, 0) is 44.5 Å². The van der Waals surface area contributed by atoms with Gasteiger partial charge in [-0.15, -0.1) is 12.4 Å². The highest BCUT2D eigenvalue weighted by molar-refractivity contribution is 5.91. The quantitative estimate of drug-likeness (QED) is 0.637. The minimum absolute atomic E-state index is 0. The maximum atomic E-state index is 12.9. The number of aryl methyl sites for hydroxylation is 2. The molecule has 1 aromatic carbocycles. The van der Waals surface area contributed by atoms with Gasteiger partial charge in [-0.25, -0.2) is 9.37 Å². The Kier molecular flexibility index (Phi) is 7.11. The molecule has 0 radical (unpaired) electrons. The highest BCUT2D eigenvalue weighted by atomic mass is 35.5. The Balaban J connectivity index is 0.00000300. The minimum Gasteiger partial charge on any atom is -0.484 e. The number of carbonyl (C=O) groups excluding carboxylic acids is 1. The number of hydrogen-bond acceptors (Lipinski definition) is 5. The van der Waals surface area contributed by atoms with Crippen LogP contribution in [0.4, 0.5) is 10.2 Å². The summed E-state index contributed by atoms with van der Waals surface area (Å²) in [5.74, 6) is 0.106. The van der Waals surface area contributed by atoms with E-state index in [4.69, 9.17) is 4.74 Å². The SMILES string of the molecule is CCc1c(C)nc(-n2nc(C)cc2NC(=O)COc2ccc(F)cc2)[nH]c1=O.Cl. The molecule has 3 rings (SSSR count). The molecular weight excluding hydrogens is 401 g/mol. The Morgan fingerprint density at radius 1 is 1.28 bits per heavy atom. The first kappa shape index (κ1) is 22.1. The molecular formula is C19H21ClFN5O3. The highest BCUT2D eigenvalue weighted by Crippen LogP contribution is 2.15. The molecule has 0 saturated carbocycles. The van der Waals surface area contributed by atoms with Gasteiger partial charge in [-0.1, -0.05) is 6.92 Å². The number of anilines is 1. The van der Waals surface area contributed by atoms with Gasteiger partial charge in [-0.3, -0.25) is 14.6 Å². The average molecular weight is 422 g/mol. The van der Waals surface area contributed by atoms with Gasteiger partial charge in [0.2, 0.25) is 5.95 Å². The molecule has 8 nitrogen and oxygen atoms in total. The third kappa shape index (κ3) is 5.20. The molecule has 0 bridgehead atoms. The second-order valence-corrected chi connectivity index (χ2v) is 6.18. The van der Waals surface area contributed by atoms with E-state index in [1.807, 2.05) is 6.92 Å². The second-order valence-electron chi connectivity index (χ2n) is 6.18. The number of aromatic amines is 1. The van der Waals surface area contributed by atoms with Crippen molar-refractivity contribution in [3.8, 4) is 11.7 Å². The van der Waals surface area contributed by atoms with E-state index in [1.165, 1.54) is 28.9 Å². The summed E-state index contributed by atoms with van der Waals surface area (Å²) in [6, 6.07) is 7.01. The van der Waals surface area contributed by atoms with Crippen molar-refractivity contribution in [3.63, 3.8) is 0 Å². The number of rotatable bonds is 6. The number of amides is 1. The fourth-order valence-electron chi connectivity index (χ4n) is 2.72. The Labute approximate surface area is 172 Å². The smallest absolute Gasteiger partial charge is 0.263 e. The van der Waals surface area contributed by atoms with Crippen molar-refractivity contribution < 1.29 is 13.9 Å². The number of nitrogens with zero attached hydrogens (tertiary/aromatic N) is 3. The van der Waals surface area contributed by atoms with Crippen molar-refractivity contribution in [1.82, 2.24) is 19.7 Å². The zero-order chi connectivity index (χ0) is 20.3. The lowest BCUT2D eigenvalue weighted by Gasteiger charge is -2.10. The lowest BCUT2D eigenvalue weighted by Crippen LogP contribution is -2.24. The van der Waals surface area contributed by atoms with E-state index in [0.29, 0.717) is 34.9 Å². The van der Waals surface area contributed by atoms with Crippen molar-refractivity contribution in [2.45, 2.75) is 27.2 Å². The number of aromatic nitrogens is 4. The van der Waals surface area contributed by atoms with Crippen LogP contribution in [0.2, 0.25) is 0 Å². The lowest BCUT2D eigenvalue weighted by atomic mass is 10.2. The van der Waals surface area contributed by atoms with Crippen molar-refractivity contribution in [1.29, 1.82) is 0 Å². The van der Waals surface area contributed by atoms with Gasteiger partial charge in [0.25, 0.3) is 11.5 Å². The highest BCUT2D eigenvalue weighted by Gasteiger charge is 2.15. The van der Waals surface area contributed by atoms with Gasteiger partial charge < -0.3 is 10.1 Å². The van der Waals surface area contributed by atoms with E-state index < -0.39 is 5.91 Å². The van der Waals surface area contributed by atoms with Gasteiger partial charge >= 0.3 is 0 Å². The van der Waals surface area contributed by atoms with E-state index >= 15 is 0 Å². The van der Waals surface area contributed by atoms with Gasteiger partial charge in [-0.2, -0.15) is 9.78 Å². The number of ether oxygens (including phenoxy) is 1. The van der Waals surface area contributed by atoms with E-state index in [0.717, 1.165) is 0 Å². The Morgan fingerprint density at radius 3 is 2.59 bits per heavy atom. The molecule has 2 N–H and O–H groups in total. The summed E-state index contributed by atoms with van der Waals surface area (Å²) in [5, 5.41) is 6.97. The van der Waals surface area contributed by atoms with Crippen LogP contribution in [0.25, 0.3) is 5.95 Å². The monoisotopic (exact) mass is 421 g/mol. The molecule has 0 atom stereocenters. The van der Waals surface area contributed by atoms with Gasteiger partial charge in [0.1, 0.15) is 17.4 Å². The number of H-pyrrole nitrogens is 1. The van der Waals surface area contributed by atoms with E-state index in [-0.39, 0.29) is 36.3 Å². The number of halogens is 2. The molecule has 0 aliphatic carbocycles. The zero-order valence-corrected chi connectivity index (χ0v) is 17.0. The first-order valence-corrected chi connectivity index (χ1v) is 8.72. The van der Waals surface area contributed by atoms with Crippen molar-refractivity contribution in [2.24, 2.45) is 0 Å². The molecule has 154 valence electrons. The fourth-order valence-corrected chi connectivity index (χ4v) is 2.72. The van der Waals surface area contributed by atoms with Crippen LogP contribution in [0.5, 0.6) is 5.75 Å².